The molecule has 0 aliphatic heterocycles. The second-order valence-corrected chi connectivity index (χ2v) is 6.04. The number of sulfonamides is 1. The van der Waals surface area contributed by atoms with Crippen LogP contribution in [0.4, 0.5) is 0 Å². The number of carbonyl (C=O) groups is 1. The third-order valence-corrected chi connectivity index (χ3v) is 4.12. The van der Waals surface area contributed by atoms with Crippen molar-refractivity contribution in [2.24, 2.45) is 5.92 Å². The Bertz CT molecular complexity index is 524. The van der Waals surface area contributed by atoms with E-state index >= 15 is 0 Å². The number of nitrogens with one attached hydrogen (secondary N) is 1. The molecule has 0 radical (unpaired) electrons. The van der Waals surface area contributed by atoms with Crippen molar-refractivity contribution in [2.75, 3.05) is 6.54 Å². The predicted molar refractivity (Wildman–Crippen MR) is 69.1 cm³/mol. The van der Waals surface area contributed by atoms with Crippen molar-refractivity contribution >= 4 is 16.0 Å². The molecule has 1 atom stereocenters. The lowest BCUT2D eigenvalue weighted by atomic mass is 10.1. The molecule has 1 aromatic heterocycles. The highest BCUT2D eigenvalue weighted by atomic mass is 32.2. The number of imidazole rings is 1. The van der Waals surface area contributed by atoms with E-state index in [0.29, 0.717) is 19.4 Å². The molecule has 0 saturated carbocycles. The maximum atomic E-state index is 11.8. The minimum Gasteiger partial charge on any atom is -0.481 e. The Hall–Kier alpha value is -1.41. The van der Waals surface area contributed by atoms with E-state index in [4.69, 9.17) is 5.11 Å². The molecule has 0 spiro atoms. The van der Waals surface area contributed by atoms with Gasteiger partial charge in [0.1, 0.15) is 0 Å². The van der Waals surface area contributed by atoms with Crippen molar-refractivity contribution < 1.29 is 18.3 Å². The van der Waals surface area contributed by atoms with Gasteiger partial charge in [0.25, 0.3) is 10.0 Å². The number of nitrogens with zero attached hydrogens (tertiary/aromatic N) is 2. The number of aromatic nitrogens is 2. The van der Waals surface area contributed by atoms with Crippen LogP contribution in [-0.4, -0.2) is 35.6 Å². The minimum absolute atomic E-state index is 0.0133. The lowest BCUT2D eigenvalue weighted by Crippen LogP contribution is -2.25. The number of aliphatic carboxylic acids is 1. The van der Waals surface area contributed by atoms with E-state index in [1.54, 1.807) is 11.5 Å². The summed E-state index contributed by atoms with van der Waals surface area (Å²) in [6, 6.07) is 0. The van der Waals surface area contributed by atoms with E-state index in [1.807, 2.05) is 6.92 Å². The van der Waals surface area contributed by atoms with Crippen molar-refractivity contribution in [3.8, 4) is 0 Å². The van der Waals surface area contributed by atoms with Gasteiger partial charge in [-0.25, -0.2) is 18.1 Å². The number of hydrogen-bond acceptors (Lipinski definition) is 4. The quantitative estimate of drug-likeness (QED) is 0.685. The summed E-state index contributed by atoms with van der Waals surface area (Å²) in [5.41, 5.74) is 0. The first-order chi connectivity index (χ1) is 8.86. The highest BCUT2D eigenvalue weighted by Crippen LogP contribution is 2.07. The molecule has 0 amide bonds. The molecule has 1 heterocycles. The van der Waals surface area contributed by atoms with Crippen LogP contribution in [0.25, 0.3) is 0 Å². The van der Waals surface area contributed by atoms with Gasteiger partial charge in [-0.2, -0.15) is 0 Å². The summed E-state index contributed by atoms with van der Waals surface area (Å²) in [5.74, 6) is -1.34. The first-order valence-corrected chi connectivity index (χ1v) is 7.59. The molecular formula is C11H19N3O4S. The van der Waals surface area contributed by atoms with Gasteiger partial charge >= 0.3 is 5.97 Å². The number of aryl methyl sites for hydroxylation is 1. The standard InChI is InChI=1S/C11H19N3O4S/c1-3-14-7-10(12-8-14)19(17,18)13-6-4-5-9(2)11(15)16/h7-9,13H,3-6H2,1-2H3,(H,15,16). The first-order valence-electron chi connectivity index (χ1n) is 6.11. The summed E-state index contributed by atoms with van der Waals surface area (Å²) in [6.07, 6.45) is 3.83. The van der Waals surface area contributed by atoms with Crippen LogP contribution in [0.3, 0.4) is 0 Å². The third kappa shape index (κ3) is 4.64. The second-order valence-electron chi connectivity index (χ2n) is 4.32. The normalized spacial score (nSPS) is 13.4. The molecule has 0 fully saturated rings. The monoisotopic (exact) mass is 289 g/mol. The van der Waals surface area contributed by atoms with Gasteiger partial charge in [0.05, 0.1) is 12.2 Å². The number of rotatable bonds is 8. The van der Waals surface area contributed by atoms with Crippen LogP contribution in [0.15, 0.2) is 17.6 Å². The van der Waals surface area contributed by atoms with Gasteiger partial charge in [-0.05, 0) is 19.8 Å². The highest BCUT2D eigenvalue weighted by molar-refractivity contribution is 7.89. The summed E-state index contributed by atoms with van der Waals surface area (Å²) >= 11 is 0. The van der Waals surface area contributed by atoms with Crippen molar-refractivity contribution in [1.29, 1.82) is 0 Å². The van der Waals surface area contributed by atoms with Gasteiger partial charge in [0.15, 0.2) is 5.03 Å². The second kappa shape index (κ2) is 6.67. The number of hydrogen-bond donors (Lipinski definition) is 2. The zero-order valence-corrected chi connectivity index (χ0v) is 11.9. The van der Waals surface area contributed by atoms with E-state index in [1.165, 1.54) is 12.5 Å². The fourth-order valence-electron chi connectivity index (χ4n) is 1.46. The zero-order chi connectivity index (χ0) is 14.5. The van der Waals surface area contributed by atoms with Crippen LogP contribution < -0.4 is 4.72 Å². The fraction of sp³-hybridized carbons (Fsp3) is 0.636. The van der Waals surface area contributed by atoms with Crippen LogP contribution in [0, 0.1) is 5.92 Å². The summed E-state index contributed by atoms with van der Waals surface area (Å²) < 4.78 is 27.8. The number of carboxylic acids is 1. The Balaban J connectivity index is 2.45. The number of carboxylic acid groups (broad SMARTS) is 1. The van der Waals surface area contributed by atoms with Gasteiger partial charge in [-0.1, -0.05) is 6.92 Å². The average molecular weight is 289 g/mol. The van der Waals surface area contributed by atoms with Crippen LogP contribution in [-0.2, 0) is 21.4 Å². The lowest BCUT2D eigenvalue weighted by molar-refractivity contribution is -0.141. The minimum atomic E-state index is -3.60. The molecule has 2 N–H and O–H groups in total. The van der Waals surface area contributed by atoms with Crippen LogP contribution in [0.5, 0.6) is 0 Å². The summed E-state index contributed by atoms with van der Waals surface area (Å²) in [5, 5.41) is 8.68. The predicted octanol–water partition coefficient (Wildman–Crippen LogP) is 0.682. The molecule has 7 nitrogen and oxygen atoms in total. The smallest absolute Gasteiger partial charge is 0.306 e. The largest absolute Gasteiger partial charge is 0.481 e. The van der Waals surface area contributed by atoms with E-state index in [-0.39, 0.29) is 11.6 Å². The molecule has 1 unspecified atom stereocenters. The molecule has 0 aliphatic carbocycles. The summed E-state index contributed by atoms with van der Waals surface area (Å²) in [4.78, 5) is 14.4. The SMILES string of the molecule is CCn1cnc(S(=O)(=O)NCCCC(C)C(=O)O)c1. The maximum Gasteiger partial charge on any atom is 0.306 e. The summed E-state index contributed by atoms with van der Waals surface area (Å²) in [6.45, 7) is 4.34. The molecule has 19 heavy (non-hydrogen) atoms. The van der Waals surface area contributed by atoms with Gasteiger partial charge in [0.2, 0.25) is 0 Å². The fourth-order valence-corrected chi connectivity index (χ4v) is 2.48. The molecule has 0 aromatic carbocycles. The Morgan fingerprint density at radius 1 is 1.58 bits per heavy atom. The van der Waals surface area contributed by atoms with E-state index < -0.39 is 21.9 Å². The first kappa shape index (κ1) is 15.6. The maximum absolute atomic E-state index is 11.8. The van der Waals surface area contributed by atoms with Gasteiger partial charge in [-0.15, -0.1) is 0 Å². The third-order valence-electron chi connectivity index (χ3n) is 2.78. The van der Waals surface area contributed by atoms with Crippen LogP contribution in [0.2, 0.25) is 0 Å². The van der Waals surface area contributed by atoms with Gasteiger partial charge < -0.3 is 9.67 Å². The van der Waals surface area contributed by atoms with Crippen molar-refractivity contribution in [3.05, 3.63) is 12.5 Å². The highest BCUT2D eigenvalue weighted by Gasteiger charge is 2.17. The molecule has 0 aliphatic rings. The molecule has 108 valence electrons. The Morgan fingerprint density at radius 3 is 2.79 bits per heavy atom. The van der Waals surface area contributed by atoms with E-state index in [0.717, 1.165) is 0 Å². The lowest BCUT2D eigenvalue weighted by Gasteiger charge is -2.06. The average Bonchev–Trinajstić information content (AvgIpc) is 2.83. The summed E-state index contributed by atoms with van der Waals surface area (Å²) in [7, 11) is -3.60. The van der Waals surface area contributed by atoms with Crippen molar-refractivity contribution in [1.82, 2.24) is 14.3 Å². The van der Waals surface area contributed by atoms with E-state index in [2.05, 4.69) is 9.71 Å². The molecular weight excluding hydrogens is 270 g/mol. The molecule has 0 saturated heterocycles. The van der Waals surface area contributed by atoms with E-state index in [9.17, 15) is 13.2 Å². The Kier molecular flexibility index (Phi) is 5.49. The van der Waals surface area contributed by atoms with Crippen LogP contribution >= 0.6 is 0 Å². The molecule has 1 aromatic rings. The topological polar surface area (TPSA) is 101 Å². The molecule has 0 bridgehead atoms. The van der Waals surface area contributed by atoms with Gasteiger partial charge in [0, 0.05) is 19.3 Å². The molecule has 1 rings (SSSR count). The Morgan fingerprint density at radius 2 is 2.26 bits per heavy atom. The van der Waals surface area contributed by atoms with Crippen molar-refractivity contribution in [3.63, 3.8) is 0 Å². The van der Waals surface area contributed by atoms with Gasteiger partial charge in [-0.3, -0.25) is 4.79 Å². The molecule has 8 heteroatoms. The van der Waals surface area contributed by atoms with Crippen molar-refractivity contribution in [2.45, 2.75) is 38.3 Å². The van der Waals surface area contributed by atoms with Crippen LogP contribution in [0.1, 0.15) is 26.7 Å². The Labute approximate surface area is 112 Å². The zero-order valence-electron chi connectivity index (χ0n) is 11.0.